The van der Waals surface area contributed by atoms with Crippen molar-refractivity contribution in [2.45, 2.75) is 13.0 Å². The number of guanidine groups is 1. The van der Waals surface area contributed by atoms with Crippen molar-refractivity contribution in [1.29, 1.82) is 0 Å². The fourth-order valence-corrected chi connectivity index (χ4v) is 2.98. The Hall–Kier alpha value is -1.79. The monoisotopic (exact) mass is 351 g/mol. The molecule has 0 fully saturated rings. The summed E-state index contributed by atoms with van der Waals surface area (Å²) in [5, 5.41) is 10.4. The predicted octanol–water partition coefficient (Wildman–Crippen LogP) is 2.77. The van der Waals surface area contributed by atoms with E-state index >= 15 is 0 Å². The number of aliphatic imine (C=N–C) groups is 1. The van der Waals surface area contributed by atoms with Crippen molar-refractivity contribution in [3.8, 4) is 0 Å². The molecular formula is C16H22ClN5S. The first-order valence-electron chi connectivity index (χ1n) is 7.40. The maximum atomic E-state index is 6.16. The van der Waals surface area contributed by atoms with Crippen molar-refractivity contribution in [1.82, 2.24) is 15.6 Å². The van der Waals surface area contributed by atoms with Crippen LogP contribution in [0.1, 0.15) is 11.3 Å². The van der Waals surface area contributed by atoms with E-state index in [1.807, 2.05) is 43.3 Å². The van der Waals surface area contributed by atoms with Crippen LogP contribution >= 0.6 is 22.9 Å². The second-order valence-corrected chi connectivity index (χ2v) is 6.45. The summed E-state index contributed by atoms with van der Waals surface area (Å²) in [4.78, 5) is 10.8. The van der Waals surface area contributed by atoms with Crippen molar-refractivity contribution in [2.75, 3.05) is 32.6 Å². The van der Waals surface area contributed by atoms with E-state index in [-0.39, 0.29) is 0 Å². The first-order chi connectivity index (χ1) is 11.1. The number of benzene rings is 1. The lowest BCUT2D eigenvalue weighted by molar-refractivity contribution is 0.786. The molecule has 0 saturated heterocycles. The van der Waals surface area contributed by atoms with Crippen LogP contribution in [0.15, 0.2) is 34.6 Å². The van der Waals surface area contributed by atoms with Gasteiger partial charge in [0.25, 0.3) is 0 Å². The van der Waals surface area contributed by atoms with Crippen LogP contribution in [0.4, 0.5) is 5.13 Å². The first-order valence-corrected chi connectivity index (χ1v) is 8.65. The van der Waals surface area contributed by atoms with E-state index in [1.54, 1.807) is 18.4 Å². The van der Waals surface area contributed by atoms with Gasteiger partial charge >= 0.3 is 0 Å². The van der Waals surface area contributed by atoms with Crippen LogP contribution in [-0.2, 0) is 13.0 Å². The largest absolute Gasteiger partial charge is 0.356 e. The number of halogens is 1. The summed E-state index contributed by atoms with van der Waals surface area (Å²) in [5.74, 6) is 0.761. The molecule has 0 atom stereocenters. The van der Waals surface area contributed by atoms with Gasteiger partial charge in [-0.25, -0.2) is 4.98 Å². The molecule has 2 rings (SSSR count). The Balaban J connectivity index is 1.78. The summed E-state index contributed by atoms with van der Waals surface area (Å²) in [7, 11) is 5.74. The Bertz CT molecular complexity index is 653. The Morgan fingerprint density at radius 2 is 2.09 bits per heavy atom. The molecule has 0 aliphatic rings. The third-order valence-corrected chi connectivity index (χ3v) is 4.65. The van der Waals surface area contributed by atoms with Gasteiger partial charge in [-0.05, 0) is 18.1 Å². The minimum atomic E-state index is 0.649. The summed E-state index contributed by atoms with van der Waals surface area (Å²) in [6.45, 7) is 1.42. The summed E-state index contributed by atoms with van der Waals surface area (Å²) >= 11 is 7.79. The van der Waals surface area contributed by atoms with Gasteiger partial charge < -0.3 is 15.5 Å². The molecule has 0 amide bonds. The molecule has 0 unspecified atom stereocenters. The van der Waals surface area contributed by atoms with Gasteiger partial charge in [0.1, 0.15) is 0 Å². The van der Waals surface area contributed by atoms with Gasteiger partial charge in [-0.1, -0.05) is 29.8 Å². The number of nitrogens with one attached hydrogen (secondary N) is 2. The van der Waals surface area contributed by atoms with Crippen molar-refractivity contribution in [3.63, 3.8) is 0 Å². The molecule has 1 heterocycles. The molecular weight excluding hydrogens is 330 g/mol. The van der Waals surface area contributed by atoms with Crippen LogP contribution in [-0.4, -0.2) is 38.6 Å². The summed E-state index contributed by atoms with van der Waals surface area (Å²) in [6.07, 6.45) is 0.849. The van der Waals surface area contributed by atoms with E-state index in [0.29, 0.717) is 6.54 Å². The highest BCUT2D eigenvalue weighted by atomic mass is 35.5. The number of aromatic nitrogens is 1. The Morgan fingerprint density at radius 1 is 1.30 bits per heavy atom. The lowest BCUT2D eigenvalue weighted by atomic mass is 10.1. The van der Waals surface area contributed by atoms with E-state index in [4.69, 9.17) is 11.6 Å². The molecule has 2 aromatic rings. The summed E-state index contributed by atoms with van der Waals surface area (Å²) in [5.41, 5.74) is 2.14. The van der Waals surface area contributed by atoms with Crippen LogP contribution in [0.3, 0.4) is 0 Å². The van der Waals surface area contributed by atoms with Crippen LogP contribution in [0.2, 0.25) is 5.02 Å². The minimum absolute atomic E-state index is 0.649. The Labute approximate surface area is 146 Å². The molecule has 5 nitrogen and oxygen atoms in total. The summed E-state index contributed by atoms with van der Waals surface area (Å²) < 4.78 is 0. The van der Waals surface area contributed by atoms with E-state index < -0.39 is 0 Å². The van der Waals surface area contributed by atoms with Gasteiger partial charge in [0.15, 0.2) is 11.1 Å². The molecule has 0 bridgehead atoms. The zero-order valence-electron chi connectivity index (χ0n) is 13.6. The first kappa shape index (κ1) is 17.6. The van der Waals surface area contributed by atoms with Crippen molar-refractivity contribution < 1.29 is 0 Å². The number of nitrogens with zero attached hydrogens (tertiary/aromatic N) is 3. The van der Waals surface area contributed by atoms with Gasteiger partial charge in [-0.3, -0.25) is 4.99 Å². The molecule has 1 aromatic carbocycles. The third-order valence-electron chi connectivity index (χ3n) is 3.23. The van der Waals surface area contributed by atoms with E-state index in [0.717, 1.165) is 40.3 Å². The van der Waals surface area contributed by atoms with Crippen LogP contribution in [0, 0.1) is 0 Å². The normalized spacial score (nSPS) is 11.4. The molecule has 0 saturated carbocycles. The molecule has 124 valence electrons. The lowest BCUT2D eigenvalue weighted by Crippen LogP contribution is -2.37. The molecule has 0 aliphatic carbocycles. The molecule has 0 spiro atoms. The van der Waals surface area contributed by atoms with Crippen molar-refractivity contribution in [3.05, 3.63) is 45.9 Å². The number of thiazole rings is 1. The quantitative estimate of drug-likeness (QED) is 0.620. The van der Waals surface area contributed by atoms with Crippen LogP contribution < -0.4 is 15.5 Å². The number of rotatable bonds is 6. The lowest BCUT2D eigenvalue weighted by Gasteiger charge is -2.11. The third kappa shape index (κ3) is 5.41. The smallest absolute Gasteiger partial charge is 0.191 e. The fourth-order valence-electron chi connectivity index (χ4n) is 1.99. The molecule has 0 aliphatic heterocycles. The van der Waals surface area contributed by atoms with Gasteiger partial charge in [0.05, 0.1) is 12.2 Å². The summed E-state index contributed by atoms with van der Waals surface area (Å²) in [6, 6.07) is 7.89. The molecule has 23 heavy (non-hydrogen) atoms. The standard InChI is InChI=1S/C16H22ClN5S/c1-18-15(19-9-8-12-6-4-5-7-14(12)17)20-10-13-11-23-16(21-13)22(2)3/h4-7,11H,8-10H2,1-3H3,(H2,18,19,20). The Kier molecular flexibility index (Phi) is 6.67. The minimum Gasteiger partial charge on any atom is -0.356 e. The molecule has 0 radical (unpaired) electrons. The zero-order valence-corrected chi connectivity index (χ0v) is 15.2. The Morgan fingerprint density at radius 3 is 2.74 bits per heavy atom. The van der Waals surface area contributed by atoms with E-state index in [2.05, 4.69) is 26.0 Å². The second-order valence-electron chi connectivity index (χ2n) is 5.21. The molecule has 1 aromatic heterocycles. The van der Waals surface area contributed by atoms with Crippen molar-refractivity contribution in [2.24, 2.45) is 4.99 Å². The molecule has 7 heteroatoms. The van der Waals surface area contributed by atoms with Gasteiger partial charge in [-0.2, -0.15) is 0 Å². The van der Waals surface area contributed by atoms with Crippen molar-refractivity contribution >= 4 is 34.0 Å². The second kappa shape index (κ2) is 8.74. The van der Waals surface area contributed by atoms with Gasteiger partial charge in [0.2, 0.25) is 0 Å². The van der Waals surface area contributed by atoms with E-state index in [9.17, 15) is 0 Å². The van der Waals surface area contributed by atoms with E-state index in [1.165, 1.54) is 0 Å². The van der Waals surface area contributed by atoms with Crippen LogP contribution in [0.25, 0.3) is 0 Å². The number of hydrogen-bond donors (Lipinski definition) is 2. The maximum Gasteiger partial charge on any atom is 0.191 e. The topological polar surface area (TPSA) is 52.6 Å². The average molecular weight is 352 g/mol. The fraction of sp³-hybridized carbons (Fsp3) is 0.375. The van der Waals surface area contributed by atoms with Crippen LogP contribution in [0.5, 0.6) is 0 Å². The van der Waals surface area contributed by atoms with Gasteiger partial charge in [0, 0.05) is 38.1 Å². The predicted molar refractivity (Wildman–Crippen MR) is 99.8 cm³/mol. The number of anilines is 1. The zero-order chi connectivity index (χ0) is 16.7. The molecule has 2 N–H and O–H groups in total. The highest BCUT2D eigenvalue weighted by Gasteiger charge is 2.05. The average Bonchev–Trinajstić information content (AvgIpc) is 3.01. The number of hydrogen-bond acceptors (Lipinski definition) is 4. The highest BCUT2D eigenvalue weighted by molar-refractivity contribution is 7.13. The maximum absolute atomic E-state index is 6.16. The SMILES string of the molecule is CN=C(NCCc1ccccc1Cl)NCc1csc(N(C)C)n1. The highest BCUT2D eigenvalue weighted by Crippen LogP contribution is 2.17. The van der Waals surface area contributed by atoms with Gasteiger partial charge in [-0.15, -0.1) is 11.3 Å².